The second-order valence-corrected chi connectivity index (χ2v) is 6.52. The molecule has 3 rings (SSSR count). The third kappa shape index (κ3) is 2.97. The van der Waals surface area contributed by atoms with Crippen molar-refractivity contribution >= 4 is 11.0 Å². The molecule has 1 aliphatic heterocycles. The number of halogens is 3. The van der Waals surface area contributed by atoms with Crippen molar-refractivity contribution in [3.05, 3.63) is 29.6 Å². The van der Waals surface area contributed by atoms with E-state index in [4.69, 9.17) is 0 Å². The quantitative estimate of drug-likeness (QED) is 0.907. The van der Waals surface area contributed by atoms with Crippen LogP contribution < -0.4 is 0 Å². The summed E-state index contributed by atoms with van der Waals surface area (Å²) in [5.74, 6) is 1.03. The molecular weight excluding hydrogens is 291 g/mol. The summed E-state index contributed by atoms with van der Waals surface area (Å²) < 4.78 is 39.9. The van der Waals surface area contributed by atoms with E-state index in [2.05, 4.69) is 28.7 Å². The monoisotopic (exact) mass is 311 g/mol. The summed E-state index contributed by atoms with van der Waals surface area (Å²) in [6.45, 7) is 6.31. The molecule has 0 spiro atoms. The Labute approximate surface area is 127 Å². The average molecular weight is 311 g/mol. The number of hydrogen-bond acceptors (Lipinski definition) is 2. The first-order chi connectivity index (χ1) is 10.3. The van der Waals surface area contributed by atoms with Gasteiger partial charge in [0.25, 0.3) is 0 Å². The van der Waals surface area contributed by atoms with Gasteiger partial charge in [-0.2, -0.15) is 13.2 Å². The van der Waals surface area contributed by atoms with Crippen LogP contribution in [0.15, 0.2) is 18.3 Å². The molecule has 0 radical (unpaired) electrons. The van der Waals surface area contributed by atoms with Crippen molar-refractivity contribution in [1.82, 2.24) is 14.9 Å². The van der Waals surface area contributed by atoms with Crippen molar-refractivity contribution in [1.29, 1.82) is 0 Å². The van der Waals surface area contributed by atoms with Crippen LogP contribution in [-0.4, -0.2) is 28.0 Å². The molecule has 0 aliphatic carbocycles. The molecule has 2 atom stereocenters. The van der Waals surface area contributed by atoms with Crippen LogP contribution in [0.25, 0.3) is 11.0 Å². The second kappa shape index (κ2) is 5.57. The van der Waals surface area contributed by atoms with Gasteiger partial charge in [0, 0.05) is 36.8 Å². The zero-order valence-corrected chi connectivity index (χ0v) is 12.7. The van der Waals surface area contributed by atoms with Gasteiger partial charge in [-0.3, -0.25) is 4.90 Å². The van der Waals surface area contributed by atoms with Crippen LogP contribution >= 0.6 is 0 Å². The molecule has 0 unspecified atom stereocenters. The average Bonchev–Trinajstić information content (AvgIpc) is 2.77. The van der Waals surface area contributed by atoms with E-state index in [1.807, 2.05) is 0 Å². The maximum atomic E-state index is 13.3. The molecule has 2 aromatic rings. The number of alkyl halides is 3. The van der Waals surface area contributed by atoms with Crippen LogP contribution in [0.5, 0.6) is 0 Å². The molecule has 2 aromatic heterocycles. The molecule has 0 bridgehead atoms. The molecular formula is C16H20F3N3. The first kappa shape index (κ1) is 15.3. The molecule has 1 N–H and O–H groups in total. The topological polar surface area (TPSA) is 31.9 Å². The van der Waals surface area contributed by atoms with Crippen molar-refractivity contribution in [3.8, 4) is 0 Å². The smallest absolute Gasteiger partial charge is 0.335 e. The number of piperidine rings is 1. The predicted octanol–water partition coefficient (Wildman–Crippen LogP) is 4.06. The highest BCUT2D eigenvalue weighted by atomic mass is 19.4. The number of hydrogen-bond donors (Lipinski definition) is 1. The lowest BCUT2D eigenvalue weighted by Gasteiger charge is -2.35. The number of aromatic amines is 1. The molecule has 0 amide bonds. The molecule has 120 valence electrons. The van der Waals surface area contributed by atoms with Crippen molar-refractivity contribution < 1.29 is 13.2 Å². The van der Waals surface area contributed by atoms with Crippen molar-refractivity contribution in [2.75, 3.05) is 13.1 Å². The first-order valence-electron chi connectivity index (χ1n) is 7.59. The Balaban J connectivity index is 1.98. The van der Waals surface area contributed by atoms with Gasteiger partial charge in [-0.15, -0.1) is 0 Å². The number of nitrogens with one attached hydrogen (secondary N) is 1. The van der Waals surface area contributed by atoms with Gasteiger partial charge in [0.05, 0.1) is 0 Å². The highest BCUT2D eigenvalue weighted by Gasteiger charge is 2.37. The number of H-pyrrole nitrogens is 1. The highest BCUT2D eigenvalue weighted by Crippen LogP contribution is 2.36. The number of fused-ring (bicyclic) bond motifs is 1. The molecule has 6 heteroatoms. The summed E-state index contributed by atoms with van der Waals surface area (Å²) in [5, 5.41) is 0.570. The van der Waals surface area contributed by atoms with Crippen LogP contribution in [0.2, 0.25) is 0 Å². The Morgan fingerprint density at radius 3 is 2.59 bits per heavy atom. The fraction of sp³-hybridized carbons (Fsp3) is 0.562. The summed E-state index contributed by atoms with van der Waals surface area (Å²) in [6.07, 6.45) is -1.74. The highest BCUT2D eigenvalue weighted by molar-refractivity contribution is 5.81. The van der Waals surface area contributed by atoms with Crippen molar-refractivity contribution in [2.45, 2.75) is 33.0 Å². The molecule has 1 aliphatic rings. The number of pyridine rings is 1. The van der Waals surface area contributed by atoms with Gasteiger partial charge in [0.15, 0.2) is 0 Å². The van der Waals surface area contributed by atoms with Gasteiger partial charge in [0.1, 0.15) is 11.3 Å². The zero-order chi connectivity index (χ0) is 15.9. The van der Waals surface area contributed by atoms with Gasteiger partial charge in [-0.25, -0.2) is 4.98 Å². The van der Waals surface area contributed by atoms with E-state index in [1.54, 1.807) is 12.1 Å². The van der Waals surface area contributed by atoms with E-state index in [1.165, 1.54) is 6.20 Å². The molecule has 22 heavy (non-hydrogen) atoms. The van der Waals surface area contributed by atoms with Crippen LogP contribution in [0.3, 0.4) is 0 Å². The lowest BCUT2D eigenvalue weighted by molar-refractivity contribution is -0.141. The van der Waals surface area contributed by atoms with Crippen LogP contribution in [-0.2, 0) is 12.7 Å². The Morgan fingerprint density at radius 2 is 1.95 bits per heavy atom. The minimum absolute atomic E-state index is 0.308. The number of nitrogens with zero attached hydrogens (tertiary/aromatic N) is 2. The van der Waals surface area contributed by atoms with Crippen LogP contribution in [0.1, 0.15) is 31.5 Å². The van der Waals surface area contributed by atoms with E-state index in [0.717, 1.165) is 19.5 Å². The van der Waals surface area contributed by atoms with E-state index in [-0.39, 0.29) is 0 Å². The summed E-state index contributed by atoms with van der Waals surface area (Å²) in [7, 11) is 0. The Kier molecular flexibility index (Phi) is 3.89. The summed E-state index contributed by atoms with van der Waals surface area (Å²) in [4.78, 5) is 8.61. The van der Waals surface area contributed by atoms with E-state index in [0.29, 0.717) is 35.0 Å². The standard InChI is InChI=1S/C16H20F3N3/c1-10-6-11(2)8-22(7-10)9-13-12-4-3-5-20-15(12)21-14(13)16(17,18)19/h3-5,10-11H,6-9H2,1-2H3,(H,20,21)/t10-,11+. The second-order valence-electron chi connectivity index (χ2n) is 6.52. The number of aromatic nitrogens is 2. The van der Waals surface area contributed by atoms with Gasteiger partial charge in [0.2, 0.25) is 0 Å². The summed E-state index contributed by atoms with van der Waals surface area (Å²) in [5.41, 5.74) is -0.0353. The van der Waals surface area contributed by atoms with E-state index >= 15 is 0 Å². The fourth-order valence-corrected chi connectivity index (χ4v) is 3.63. The van der Waals surface area contributed by atoms with Gasteiger partial charge >= 0.3 is 6.18 Å². The molecule has 1 saturated heterocycles. The molecule has 0 aromatic carbocycles. The summed E-state index contributed by atoms with van der Waals surface area (Å²) in [6, 6.07) is 3.39. The minimum Gasteiger partial charge on any atom is -0.335 e. The largest absolute Gasteiger partial charge is 0.431 e. The minimum atomic E-state index is -4.39. The van der Waals surface area contributed by atoms with Crippen LogP contribution in [0.4, 0.5) is 13.2 Å². The molecule has 3 heterocycles. The maximum absolute atomic E-state index is 13.3. The lowest BCUT2D eigenvalue weighted by atomic mass is 9.91. The Hall–Kier alpha value is -1.56. The predicted molar refractivity (Wildman–Crippen MR) is 79.3 cm³/mol. The molecule has 1 fully saturated rings. The van der Waals surface area contributed by atoms with Gasteiger partial charge in [-0.1, -0.05) is 13.8 Å². The van der Waals surface area contributed by atoms with Crippen molar-refractivity contribution in [2.24, 2.45) is 11.8 Å². The van der Waals surface area contributed by atoms with Crippen LogP contribution in [0, 0.1) is 11.8 Å². The van der Waals surface area contributed by atoms with Gasteiger partial charge < -0.3 is 4.98 Å². The lowest BCUT2D eigenvalue weighted by Crippen LogP contribution is -2.38. The third-order valence-corrected chi connectivity index (χ3v) is 4.29. The zero-order valence-electron chi connectivity index (χ0n) is 12.7. The third-order valence-electron chi connectivity index (χ3n) is 4.29. The SMILES string of the molecule is C[C@@H]1C[C@H](C)CN(Cc2c(C(F)(F)F)[nH]c3ncccc23)C1. The Bertz CT molecular complexity index is 652. The summed E-state index contributed by atoms with van der Waals surface area (Å²) >= 11 is 0. The number of likely N-dealkylation sites (tertiary alicyclic amines) is 1. The fourth-order valence-electron chi connectivity index (χ4n) is 3.63. The maximum Gasteiger partial charge on any atom is 0.431 e. The van der Waals surface area contributed by atoms with E-state index in [9.17, 15) is 13.2 Å². The normalized spacial score (nSPS) is 24.0. The number of rotatable bonds is 2. The Morgan fingerprint density at radius 1 is 1.27 bits per heavy atom. The van der Waals surface area contributed by atoms with Gasteiger partial charge in [-0.05, 0) is 30.4 Å². The molecule has 3 nitrogen and oxygen atoms in total. The van der Waals surface area contributed by atoms with Crippen molar-refractivity contribution in [3.63, 3.8) is 0 Å². The molecule has 0 saturated carbocycles. The van der Waals surface area contributed by atoms with E-state index < -0.39 is 11.9 Å². The first-order valence-corrected chi connectivity index (χ1v) is 7.59.